The molecule has 0 aliphatic rings. The number of nitrogens with zero attached hydrogens (tertiary/aromatic N) is 5. The van der Waals surface area contributed by atoms with E-state index in [1.54, 1.807) is 11.6 Å². The Balaban J connectivity index is 1.92. The van der Waals surface area contributed by atoms with Crippen molar-refractivity contribution in [2.24, 2.45) is 0 Å². The maximum absolute atomic E-state index is 12.2. The summed E-state index contributed by atoms with van der Waals surface area (Å²) in [5, 5.41) is 21.8. The highest BCUT2D eigenvalue weighted by molar-refractivity contribution is 9.10. The van der Waals surface area contributed by atoms with Gasteiger partial charge in [-0.3, -0.25) is 24.3 Å². The summed E-state index contributed by atoms with van der Waals surface area (Å²) in [5.41, 5.74) is 0.600. The van der Waals surface area contributed by atoms with E-state index < -0.39 is 10.8 Å². The summed E-state index contributed by atoms with van der Waals surface area (Å²) in [6, 6.07) is 0. The van der Waals surface area contributed by atoms with E-state index in [4.69, 9.17) is 0 Å². The highest BCUT2D eigenvalue weighted by atomic mass is 79.9. The van der Waals surface area contributed by atoms with Gasteiger partial charge in [0.25, 0.3) is 5.91 Å². The first kappa shape index (κ1) is 17.1. The summed E-state index contributed by atoms with van der Waals surface area (Å²) in [4.78, 5) is 22.5. The summed E-state index contributed by atoms with van der Waals surface area (Å²) in [5.74, 6) is -0.492. The Morgan fingerprint density at radius 1 is 1.52 bits per heavy atom. The molecule has 0 aliphatic heterocycles. The van der Waals surface area contributed by atoms with Crippen LogP contribution in [0.4, 0.5) is 5.69 Å². The Bertz CT molecular complexity index is 704. The Hall–Kier alpha value is -2.23. The average molecular weight is 385 g/mol. The number of amides is 1. The van der Waals surface area contributed by atoms with Crippen molar-refractivity contribution >= 4 is 27.5 Å². The molecular formula is C13H17BrN6O3. The zero-order valence-electron chi connectivity index (χ0n) is 12.8. The first-order chi connectivity index (χ1) is 10.9. The van der Waals surface area contributed by atoms with Gasteiger partial charge in [-0.15, -0.1) is 0 Å². The molecule has 0 atom stereocenters. The molecular weight excluding hydrogens is 368 g/mol. The van der Waals surface area contributed by atoms with E-state index >= 15 is 0 Å². The van der Waals surface area contributed by atoms with E-state index in [-0.39, 0.29) is 11.4 Å². The maximum Gasteiger partial charge on any atom is 0.320 e. The van der Waals surface area contributed by atoms with E-state index in [2.05, 4.69) is 31.4 Å². The molecule has 9 nitrogen and oxygen atoms in total. The minimum atomic E-state index is -0.599. The van der Waals surface area contributed by atoms with Crippen LogP contribution in [0.25, 0.3) is 0 Å². The molecule has 2 aromatic heterocycles. The standard InChI is InChI=1S/C13H17BrN6O3/c1-3-19-12(11(7-16-19)20(22)23)13(21)15-5-4-6-18-8-10(14)9(2)17-18/h7-8H,3-6H2,1-2H3,(H,15,21). The highest BCUT2D eigenvalue weighted by Crippen LogP contribution is 2.17. The van der Waals surface area contributed by atoms with Crippen LogP contribution in [-0.2, 0) is 13.1 Å². The topological polar surface area (TPSA) is 108 Å². The fourth-order valence-electron chi connectivity index (χ4n) is 2.12. The van der Waals surface area contributed by atoms with Crippen LogP contribution in [0.2, 0.25) is 0 Å². The lowest BCUT2D eigenvalue weighted by atomic mass is 10.3. The highest BCUT2D eigenvalue weighted by Gasteiger charge is 2.25. The van der Waals surface area contributed by atoms with Gasteiger partial charge in [0.05, 0.1) is 15.1 Å². The van der Waals surface area contributed by atoms with Crippen molar-refractivity contribution in [3.05, 3.63) is 38.4 Å². The van der Waals surface area contributed by atoms with Crippen molar-refractivity contribution in [3.8, 4) is 0 Å². The quantitative estimate of drug-likeness (QED) is 0.445. The van der Waals surface area contributed by atoms with Crippen LogP contribution < -0.4 is 5.32 Å². The van der Waals surface area contributed by atoms with Gasteiger partial charge in [0, 0.05) is 25.8 Å². The molecule has 23 heavy (non-hydrogen) atoms. The lowest BCUT2D eigenvalue weighted by Gasteiger charge is -2.06. The number of hydrogen-bond donors (Lipinski definition) is 1. The third-order valence-corrected chi connectivity index (χ3v) is 4.05. The van der Waals surface area contributed by atoms with Gasteiger partial charge in [-0.25, -0.2) is 0 Å². The van der Waals surface area contributed by atoms with Crippen molar-refractivity contribution in [1.82, 2.24) is 24.9 Å². The zero-order valence-corrected chi connectivity index (χ0v) is 14.4. The van der Waals surface area contributed by atoms with Gasteiger partial charge < -0.3 is 5.32 Å². The molecule has 0 spiro atoms. The van der Waals surface area contributed by atoms with Gasteiger partial charge in [0.1, 0.15) is 6.20 Å². The summed E-state index contributed by atoms with van der Waals surface area (Å²) in [7, 11) is 0. The van der Waals surface area contributed by atoms with Crippen LogP contribution in [-0.4, -0.2) is 36.9 Å². The largest absolute Gasteiger partial charge is 0.350 e. The Morgan fingerprint density at radius 3 is 2.83 bits per heavy atom. The van der Waals surface area contributed by atoms with Crippen LogP contribution in [0.15, 0.2) is 16.9 Å². The smallest absolute Gasteiger partial charge is 0.320 e. The Labute approximate surface area is 140 Å². The molecule has 1 N–H and O–H groups in total. The van der Waals surface area contributed by atoms with E-state index in [1.165, 1.54) is 4.68 Å². The van der Waals surface area contributed by atoms with Crippen LogP contribution in [0.3, 0.4) is 0 Å². The number of rotatable bonds is 7. The monoisotopic (exact) mass is 384 g/mol. The molecule has 124 valence electrons. The van der Waals surface area contributed by atoms with E-state index in [0.29, 0.717) is 26.1 Å². The van der Waals surface area contributed by atoms with Crippen LogP contribution in [0, 0.1) is 17.0 Å². The number of hydrogen-bond acceptors (Lipinski definition) is 5. The van der Waals surface area contributed by atoms with Gasteiger partial charge in [0.2, 0.25) is 5.69 Å². The van der Waals surface area contributed by atoms with Crippen LogP contribution in [0.1, 0.15) is 29.5 Å². The third-order valence-electron chi connectivity index (χ3n) is 3.27. The number of carbonyl (C=O) groups excluding carboxylic acids is 1. The Morgan fingerprint density at radius 2 is 2.26 bits per heavy atom. The number of aryl methyl sites for hydroxylation is 3. The average Bonchev–Trinajstić information content (AvgIpc) is 3.07. The molecule has 1 amide bonds. The van der Waals surface area contributed by atoms with Crippen molar-refractivity contribution in [3.63, 3.8) is 0 Å². The third kappa shape index (κ3) is 3.95. The van der Waals surface area contributed by atoms with Crippen LogP contribution in [0.5, 0.6) is 0 Å². The predicted molar refractivity (Wildman–Crippen MR) is 86.2 cm³/mol. The first-order valence-corrected chi connectivity index (χ1v) is 7.91. The molecule has 2 aromatic rings. The number of nitrogens with one attached hydrogen (secondary N) is 1. The van der Waals surface area contributed by atoms with Crippen molar-refractivity contribution in [1.29, 1.82) is 0 Å². The van der Waals surface area contributed by atoms with Crippen LogP contribution >= 0.6 is 15.9 Å². The minimum Gasteiger partial charge on any atom is -0.350 e. The first-order valence-electron chi connectivity index (χ1n) is 7.12. The fourth-order valence-corrected chi connectivity index (χ4v) is 2.43. The molecule has 0 saturated carbocycles. The summed E-state index contributed by atoms with van der Waals surface area (Å²) in [6.07, 6.45) is 3.63. The molecule has 2 heterocycles. The SMILES string of the molecule is CCn1ncc([N+](=O)[O-])c1C(=O)NCCCn1cc(Br)c(C)n1. The molecule has 0 saturated heterocycles. The summed E-state index contributed by atoms with van der Waals surface area (Å²) >= 11 is 3.39. The molecule has 2 rings (SSSR count). The van der Waals surface area contributed by atoms with Gasteiger partial charge >= 0.3 is 5.69 Å². The number of aromatic nitrogens is 4. The molecule has 0 unspecified atom stereocenters. The molecule has 0 bridgehead atoms. The van der Waals surface area contributed by atoms with E-state index in [9.17, 15) is 14.9 Å². The van der Waals surface area contributed by atoms with Gasteiger partial charge in [-0.1, -0.05) is 0 Å². The second kappa shape index (κ2) is 7.36. The van der Waals surface area contributed by atoms with E-state index in [1.807, 2.05) is 13.1 Å². The molecule has 10 heteroatoms. The molecule has 0 aliphatic carbocycles. The molecule has 0 aromatic carbocycles. The maximum atomic E-state index is 12.2. The van der Waals surface area contributed by atoms with E-state index in [0.717, 1.165) is 16.4 Å². The zero-order chi connectivity index (χ0) is 17.0. The van der Waals surface area contributed by atoms with Gasteiger partial charge in [-0.2, -0.15) is 10.2 Å². The van der Waals surface area contributed by atoms with Gasteiger partial charge in [-0.05, 0) is 36.2 Å². The number of halogens is 1. The van der Waals surface area contributed by atoms with Crippen molar-refractivity contribution in [2.75, 3.05) is 6.54 Å². The second-order valence-electron chi connectivity index (χ2n) is 4.89. The van der Waals surface area contributed by atoms with Crippen molar-refractivity contribution in [2.45, 2.75) is 33.4 Å². The minimum absolute atomic E-state index is 0.0184. The Kier molecular flexibility index (Phi) is 5.48. The molecule has 0 radical (unpaired) electrons. The predicted octanol–water partition coefficient (Wildman–Crippen LogP) is 1.90. The lowest BCUT2D eigenvalue weighted by molar-refractivity contribution is -0.385. The van der Waals surface area contributed by atoms with Gasteiger partial charge in [0.15, 0.2) is 0 Å². The van der Waals surface area contributed by atoms with Crippen molar-refractivity contribution < 1.29 is 9.72 Å². The molecule has 0 fully saturated rings. The second-order valence-corrected chi connectivity index (χ2v) is 5.74. The number of carbonyl (C=O) groups is 1. The summed E-state index contributed by atoms with van der Waals surface area (Å²) < 4.78 is 4.04. The summed E-state index contributed by atoms with van der Waals surface area (Å²) in [6.45, 7) is 5.08. The fraction of sp³-hybridized carbons (Fsp3) is 0.462. The normalized spacial score (nSPS) is 10.7. The number of nitro groups is 1. The lowest BCUT2D eigenvalue weighted by Crippen LogP contribution is -2.28.